The molecule has 43 heavy (non-hydrogen) atoms. The third kappa shape index (κ3) is 6.39. The predicted octanol–water partition coefficient (Wildman–Crippen LogP) is -0.292. The second kappa shape index (κ2) is 12.7. The summed E-state index contributed by atoms with van der Waals surface area (Å²) in [6.07, 6.45) is 2.36. The van der Waals surface area contributed by atoms with E-state index in [9.17, 15) is 24.3 Å². The van der Waals surface area contributed by atoms with Gasteiger partial charge in [-0.2, -0.15) is 0 Å². The van der Waals surface area contributed by atoms with Crippen molar-refractivity contribution in [2.24, 2.45) is 5.16 Å². The Morgan fingerprint density at radius 2 is 2.00 bits per heavy atom. The molecule has 0 spiro atoms. The van der Waals surface area contributed by atoms with Crippen LogP contribution < -0.4 is 25.8 Å². The molecule has 0 aliphatic carbocycles. The number of oxime groups is 1. The van der Waals surface area contributed by atoms with Crippen molar-refractivity contribution in [1.29, 1.82) is 0 Å². The van der Waals surface area contributed by atoms with Gasteiger partial charge >= 0.3 is 11.9 Å². The smallest absolute Gasteiger partial charge is 0.352 e. The van der Waals surface area contributed by atoms with Crippen molar-refractivity contribution in [3.05, 3.63) is 45.8 Å². The third-order valence-electron chi connectivity index (χ3n) is 6.96. The first-order chi connectivity index (χ1) is 20.5. The summed E-state index contributed by atoms with van der Waals surface area (Å²) in [6.45, 7) is 5.10. The van der Waals surface area contributed by atoms with Crippen molar-refractivity contribution in [3.8, 4) is 0 Å². The summed E-state index contributed by atoms with van der Waals surface area (Å²) < 4.78 is 1.87. The number of nitrogens with two attached hydrogens (primary N) is 1. The Hall–Kier alpha value is -3.93. The molecular weight excluding hydrogens is 624 g/mol. The zero-order valence-electron chi connectivity index (χ0n) is 22.7. The number of pyridine rings is 1. The van der Waals surface area contributed by atoms with E-state index in [0.29, 0.717) is 11.3 Å². The van der Waals surface area contributed by atoms with Gasteiger partial charge in [0.25, 0.3) is 11.8 Å². The maximum Gasteiger partial charge on any atom is 0.352 e. The number of thiazole rings is 1. The number of nitrogens with zero attached hydrogens (tertiary/aromatic N) is 5. The number of carbonyl (C=O) groups is 4. The molecule has 0 bridgehead atoms. The highest BCUT2D eigenvalue weighted by Crippen LogP contribution is 2.40. The molecule has 228 valence electrons. The summed E-state index contributed by atoms with van der Waals surface area (Å²) in [4.78, 5) is 62.3. The number of β-lactam (4-membered cyclic amide) rings is 1. The average molecular weight is 652 g/mol. The van der Waals surface area contributed by atoms with Crippen molar-refractivity contribution in [2.45, 2.75) is 31.0 Å². The lowest BCUT2D eigenvalue weighted by atomic mass is 10.0. The second-order valence-corrected chi connectivity index (χ2v) is 12.5. The molecule has 2 aromatic rings. The van der Waals surface area contributed by atoms with E-state index >= 15 is 0 Å². The number of carboxylic acid groups (broad SMARTS) is 2. The molecular formula is C25H28ClN8O7S2+. The SMILES string of the molecule is C[C@H](ON=C(C(=O)N[C@@H]1C(=O)N2C(C(=O)O)=C(C[n+]3ccc(N4CCNCC4)cc3)CS[C@H]12)c1nc(N)sc1Cl)C(=O)O. The number of rotatable bonds is 10. The Morgan fingerprint density at radius 3 is 2.60 bits per heavy atom. The Balaban J connectivity index is 1.31. The van der Waals surface area contributed by atoms with E-state index in [0.717, 1.165) is 43.2 Å². The predicted molar refractivity (Wildman–Crippen MR) is 158 cm³/mol. The van der Waals surface area contributed by atoms with Crippen LogP contribution in [0.1, 0.15) is 12.6 Å². The maximum atomic E-state index is 13.3. The van der Waals surface area contributed by atoms with E-state index in [1.807, 2.05) is 29.1 Å². The molecule has 2 fully saturated rings. The summed E-state index contributed by atoms with van der Waals surface area (Å²) in [6, 6.07) is 2.87. The minimum atomic E-state index is -1.40. The molecule has 5 heterocycles. The van der Waals surface area contributed by atoms with Crippen LogP contribution in [0.3, 0.4) is 0 Å². The Morgan fingerprint density at radius 1 is 1.30 bits per heavy atom. The Bertz CT molecular complexity index is 1510. The first-order valence-electron chi connectivity index (χ1n) is 13.1. The van der Waals surface area contributed by atoms with Gasteiger partial charge in [0, 0.05) is 55.3 Å². The van der Waals surface area contributed by atoms with Crippen molar-refractivity contribution in [2.75, 3.05) is 42.6 Å². The zero-order valence-corrected chi connectivity index (χ0v) is 25.1. The van der Waals surface area contributed by atoms with Crippen LogP contribution >= 0.6 is 34.7 Å². The fourth-order valence-corrected chi connectivity index (χ4v) is 7.02. The van der Waals surface area contributed by atoms with Crippen LogP contribution in [0.25, 0.3) is 0 Å². The largest absolute Gasteiger partial charge is 0.478 e. The van der Waals surface area contributed by atoms with E-state index in [2.05, 4.69) is 25.7 Å². The number of carbonyl (C=O) groups excluding carboxylic acids is 2. The van der Waals surface area contributed by atoms with E-state index in [1.165, 1.54) is 23.6 Å². The molecule has 18 heteroatoms. The van der Waals surface area contributed by atoms with Gasteiger partial charge in [0.15, 0.2) is 29.8 Å². The third-order valence-corrected chi connectivity index (χ3v) is 9.38. The molecule has 15 nitrogen and oxygen atoms in total. The molecule has 2 saturated heterocycles. The monoisotopic (exact) mass is 651 g/mol. The summed E-state index contributed by atoms with van der Waals surface area (Å²) in [5, 5.41) is 28.0. The number of carboxylic acids is 2. The number of hydrogen-bond donors (Lipinski definition) is 5. The number of amides is 2. The van der Waals surface area contributed by atoms with Gasteiger partial charge in [0.2, 0.25) is 6.10 Å². The molecule has 3 aliphatic rings. The second-order valence-electron chi connectivity index (χ2n) is 9.78. The molecule has 3 atom stereocenters. The highest BCUT2D eigenvalue weighted by Gasteiger charge is 2.55. The van der Waals surface area contributed by atoms with Crippen molar-refractivity contribution in [3.63, 3.8) is 0 Å². The number of halogens is 1. The van der Waals surface area contributed by atoms with Crippen LogP contribution in [0.2, 0.25) is 4.34 Å². The topological polar surface area (TPSA) is 204 Å². The fourth-order valence-electron chi connectivity index (χ4n) is 4.76. The number of anilines is 2. The average Bonchev–Trinajstić information content (AvgIpc) is 3.33. The van der Waals surface area contributed by atoms with Crippen LogP contribution in [0.5, 0.6) is 0 Å². The lowest BCUT2D eigenvalue weighted by Crippen LogP contribution is -2.71. The number of aliphatic carboxylic acids is 2. The van der Waals surface area contributed by atoms with Crippen molar-refractivity contribution in [1.82, 2.24) is 20.5 Å². The van der Waals surface area contributed by atoms with Gasteiger partial charge < -0.3 is 36.3 Å². The zero-order chi connectivity index (χ0) is 30.8. The molecule has 6 N–H and O–H groups in total. The lowest BCUT2D eigenvalue weighted by molar-refractivity contribution is -0.689. The standard InChI is InChI=1S/C25H27ClN8O7S2/c1-12(23(37)38)41-31-16(15-19(26)43-25(27)30-15)20(35)29-17-21(36)34-18(24(39)40)13(11-42-22(17)34)10-32-6-2-14(3-7-32)33-8-4-28-5-9-33/h2-3,6-7,12,17,22,28H,4-5,8-11H2,1H3,(H4-,27,29,30,35,37,38,39,40)/p+1/t12-,17+,22+/m0/s1. The van der Waals surface area contributed by atoms with Gasteiger partial charge in [-0.1, -0.05) is 28.1 Å². The van der Waals surface area contributed by atoms with Crippen molar-refractivity contribution < 1.29 is 38.8 Å². The highest BCUT2D eigenvalue weighted by molar-refractivity contribution is 8.00. The van der Waals surface area contributed by atoms with Crippen LogP contribution in [0.15, 0.2) is 41.0 Å². The number of piperazine rings is 1. The van der Waals surface area contributed by atoms with E-state index in [4.69, 9.17) is 27.3 Å². The Labute approximate surface area is 258 Å². The minimum absolute atomic E-state index is 0.00536. The summed E-state index contributed by atoms with van der Waals surface area (Å²) >= 11 is 8.33. The number of thioether (sulfide) groups is 1. The van der Waals surface area contributed by atoms with Gasteiger partial charge in [-0.25, -0.2) is 19.1 Å². The normalized spacial score (nSPS) is 21.2. The first kappa shape index (κ1) is 30.5. The molecule has 2 aromatic heterocycles. The Kier molecular flexibility index (Phi) is 9.05. The molecule has 0 aromatic carbocycles. The number of nitrogens with one attached hydrogen (secondary N) is 2. The molecule has 5 rings (SSSR count). The van der Waals surface area contributed by atoms with Gasteiger partial charge in [-0.15, -0.1) is 11.8 Å². The lowest BCUT2D eigenvalue weighted by Gasteiger charge is -2.49. The van der Waals surface area contributed by atoms with Crippen LogP contribution in [-0.2, 0) is 30.6 Å². The quantitative estimate of drug-likeness (QED) is 0.0973. The van der Waals surface area contributed by atoms with Gasteiger partial charge in [-0.05, 0) is 6.92 Å². The summed E-state index contributed by atoms with van der Waals surface area (Å²) in [5.41, 5.74) is 6.57. The van der Waals surface area contributed by atoms with Crippen LogP contribution in [-0.4, -0.2) is 99.0 Å². The number of hydrogen-bond acceptors (Lipinski definition) is 12. The van der Waals surface area contributed by atoms with E-state index in [-0.39, 0.29) is 27.4 Å². The number of aromatic nitrogens is 2. The van der Waals surface area contributed by atoms with Gasteiger partial charge in [0.05, 0.1) is 0 Å². The van der Waals surface area contributed by atoms with Crippen LogP contribution in [0, 0.1) is 0 Å². The minimum Gasteiger partial charge on any atom is -0.478 e. The summed E-state index contributed by atoms with van der Waals surface area (Å²) in [7, 11) is 0. The molecule has 0 saturated carbocycles. The first-order valence-corrected chi connectivity index (χ1v) is 15.3. The number of nitrogen functional groups attached to an aromatic ring is 1. The maximum absolute atomic E-state index is 13.3. The summed E-state index contributed by atoms with van der Waals surface area (Å²) in [5.74, 6) is -3.81. The van der Waals surface area contributed by atoms with E-state index < -0.39 is 47.0 Å². The van der Waals surface area contributed by atoms with Gasteiger partial charge in [0.1, 0.15) is 27.1 Å². The van der Waals surface area contributed by atoms with Gasteiger partial charge in [-0.3, -0.25) is 14.5 Å². The van der Waals surface area contributed by atoms with Crippen LogP contribution in [0.4, 0.5) is 10.8 Å². The van der Waals surface area contributed by atoms with Crippen molar-refractivity contribution >= 4 is 75.0 Å². The molecule has 3 aliphatic heterocycles. The molecule has 0 radical (unpaired) electrons. The molecule has 2 amide bonds. The number of fused-ring (bicyclic) bond motifs is 1. The van der Waals surface area contributed by atoms with E-state index in [1.54, 1.807) is 0 Å². The fraction of sp³-hybridized carbons (Fsp3) is 0.400. The highest BCUT2D eigenvalue weighted by atomic mass is 35.5. The molecule has 0 unspecified atom stereocenters.